The van der Waals surface area contributed by atoms with Crippen LogP contribution in [-0.2, 0) is 0 Å². The van der Waals surface area contributed by atoms with Crippen LogP contribution in [0.3, 0.4) is 0 Å². The zero-order chi connectivity index (χ0) is 10.6. The number of hydrogen-bond donors (Lipinski definition) is 1. The summed E-state index contributed by atoms with van der Waals surface area (Å²) in [6.45, 7) is 4.15. The van der Waals surface area contributed by atoms with Crippen LogP contribution in [0.25, 0.3) is 0 Å². The maximum atomic E-state index is 8.77. The standard InChI is InChI=1S/C12H16N2/c1-3-4-12(14)11-7-10(8-13)6-5-9(11)2/h5-7,12H,3-4,14H2,1-2H3/t12-/m1/s1. The highest BCUT2D eigenvalue weighted by atomic mass is 14.6. The summed E-state index contributed by atoms with van der Waals surface area (Å²) in [5.41, 5.74) is 8.99. The van der Waals surface area contributed by atoms with Crippen LogP contribution in [-0.4, -0.2) is 0 Å². The summed E-state index contributed by atoms with van der Waals surface area (Å²) < 4.78 is 0. The molecule has 0 aliphatic carbocycles. The van der Waals surface area contributed by atoms with Gasteiger partial charge in [0, 0.05) is 6.04 Å². The third kappa shape index (κ3) is 2.34. The molecule has 1 aromatic rings. The molecule has 0 unspecified atom stereocenters. The van der Waals surface area contributed by atoms with Crippen molar-refractivity contribution < 1.29 is 0 Å². The normalized spacial score (nSPS) is 12.1. The van der Waals surface area contributed by atoms with Gasteiger partial charge in [-0.15, -0.1) is 0 Å². The highest BCUT2D eigenvalue weighted by molar-refractivity contribution is 5.39. The Labute approximate surface area is 85.4 Å². The minimum atomic E-state index is 0.0632. The highest BCUT2D eigenvalue weighted by Crippen LogP contribution is 2.20. The molecule has 0 aliphatic rings. The minimum absolute atomic E-state index is 0.0632. The fraction of sp³-hybridized carbons (Fsp3) is 0.417. The van der Waals surface area contributed by atoms with Crippen LogP contribution in [0.4, 0.5) is 0 Å². The maximum Gasteiger partial charge on any atom is 0.0991 e. The number of rotatable bonds is 3. The summed E-state index contributed by atoms with van der Waals surface area (Å²) in [5, 5.41) is 8.77. The van der Waals surface area contributed by atoms with Crippen molar-refractivity contribution in [2.45, 2.75) is 32.7 Å². The van der Waals surface area contributed by atoms with Crippen LogP contribution in [0, 0.1) is 18.3 Å². The quantitative estimate of drug-likeness (QED) is 0.792. The average Bonchev–Trinajstić information content (AvgIpc) is 2.19. The lowest BCUT2D eigenvalue weighted by atomic mass is 9.97. The van der Waals surface area contributed by atoms with Gasteiger partial charge in [-0.2, -0.15) is 5.26 Å². The Bertz CT molecular complexity index is 350. The summed E-state index contributed by atoms with van der Waals surface area (Å²) in [5.74, 6) is 0. The van der Waals surface area contributed by atoms with Crippen LogP contribution in [0.5, 0.6) is 0 Å². The van der Waals surface area contributed by atoms with Gasteiger partial charge in [0.15, 0.2) is 0 Å². The molecule has 2 heteroatoms. The van der Waals surface area contributed by atoms with Crippen LogP contribution in [0.1, 0.15) is 42.5 Å². The number of nitrogens with two attached hydrogens (primary N) is 1. The van der Waals surface area contributed by atoms with Crippen molar-refractivity contribution in [2.75, 3.05) is 0 Å². The molecule has 0 aliphatic heterocycles. The molecule has 0 amide bonds. The molecule has 0 saturated carbocycles. The SMILES string of the molecule is CCC[C@@H](N)c1cc(C#N)ccc1C. The van der Waals surface area contributed by atoms with Gasteiger partial charge in [0.1, 0.15) is 0 Å². The molecule has 0 spiro atoms. The second-order valence-corrected chi connectivity index (χ2v) is 3.58. The predicted octanol–water partition coefficient (Wildman–Crippen LogP) is 2.67. The summed E-state index contributed by atoms with van der Waals surface area (Å²) in [6.07, 6.45) is 2.03. The first-order valence-corrected chi connectivity index (χ1v) is 4.95. The fourth-order valence-corrected chi connectivity index (χ4v) is 1.58. The first-order chi connectivity index (χ1) is 6.69. The van der Waals surface area contributed by atoms with E-state index in [0.717, 1.165) is 18.4 Å². The van der Waals surface area contributed by atoms with Crippen molar-refractivity contribution in [3.63, 3.8) is 0 Å². The Kier molecular flexibility index (Phi) is 3.67. The van der Waals surface area contributed by atoms with E-state index in [1.54, 1.807) is 0 Å². The number of aryl methyl sites for hydroxylation is 1. The molecule has 1 rings (SSSR count). The van der Waals surface area contributed by atoms with E-state index in [1.807, 2.05) is 25.1 Å². The van der Waals surface area contributed by atoms with Crippen molar-refractivity contribution in [2.24, 2.45) is 5.73 Å². The largest absolute Gasteiger partial charge is 0.324 e. The molecule has 0 heterocycles. The summed E-state index contributed by atoms with van der Waals surface area (Å²) in [7, 11) is 0. The molecular weight excluding hydrogens is 172 g/mol. The number of nitrogens with zero attached hydrogens (tertiary/aromatic N) is 1. The van der Waals surface area contributed by atoms with Crippen LogP contribution in [0.2, 0.25) is 0 Å². The Morgan fingerprint density at radius 2 is 2.21 bits per heavy atom. The summed E-state index contributed by atoms with van der Waals surface area (Å²) >= 11 is 0. The first-order valence-electron chi connectivity index (χ1n) is 4.95. The highest BCUT2D eigenvalue weighted by Gasteiger charge is 2.08. The van der Waals surface area contributed by atoms with E-state index in [0.29, 0.717) is 5.56 Å². The lowest BCUT2D eigenvalue weighted by molar-refractivity contribution is 0.635. The Balaban J connectivity index is 3.01. The molecule has 0 bridgehead atoms. The monoisotopic (exact) mass is 188 g/mol. The van der Waals surface area contributed by atoms with Crippen molar-refractivity contribution in [1.82, 2.24) is 0 Å². The number of hydrogen-bond acceptors (Lipinski definition) is 2. The lowest BCUT2D eigenvalue weighted by Crippen LogP contribution is -2.11. The second kappa shape index (κ2) is 4.78. The lowest BCUT2D eigenvalue weighted by Gasteiger charge is -2.13. The number of nitriles is 1. The van der Waals surface area contributed by atoms with Gasteiger partial charge in [-0.3, -0.25) is 0 Å². The molecule has 1 atom stereocenters. The molecule has 2 nitrogen and oxygen atoms in total. The van der Waals surface area contributed by atoms with Gasteiger partial charge in [-0.05, 0) is 36.6 Å². The maximum absolute atomic E-state index is 8.77. The minimum Gasteiger partial charge on any atom is -0.324 e. The van der Waals surface area contributed by atoms with Gasteiger partial charge in [0.25, 0.3) is 0 Å². The summed E-state index contributed by atoms with van der Waals surface area (Å²) in [6, 6.07) is 7.89. The third-order valence-corrected chi connectivity index (χ3v) is 2.41. The van der Waals surface area contributed by atoms with Gasteiger partial charge < -0.3 is 5.73 Å². The summed E-state index contributed by atoms with van der Waals surface area (Å²) in [4.78, 5) is 0. The topological polar surface area (TPSA) is 49.8 Å². The zero-order valence-electron chi connectivity index (χ0n) is 8.75. The van der Waals surface area contributed by atoms with Gasteiger partial charge in [-0.1, -0.05) is 19.4 Å². The van der Waals surface area contributed by atoms with Crippen molar-refractivity contribution in [1.29, 1.82) is 5.26 Å². The van der Waals surface area contributed by atoms with E-state index >= 15 is 0 Å². The first kappa shape index (κ1) is 10.7. The van der Waals surface area contributed by atoms with E-state index in [4.69, 9.17) is 11.0 Å². The molecule has 1 aromatic carbocycles. The van der Waals surface area contributed by atoms with E-state index in [2.05, 4.69) is 13.0 Å². The van der Waals surface area contributed by atoms with Gasteiger partial charge in [0.05, 0.1) is 11.6 Å². The van der Waals surface area contributed by atoms with E-state index in [-0.39, 0.29) is 6.04 Å². The second-order valence-electron chi connectivity index (χ2n) is 3.58. The van der Waals surface area contributed by atoms with Crippen LogP contribution in [0.15, 0.2) is 18.2 Å². The fourth-order valence-electron chi connectivity index (χ4n) is 1.58. The van der Waals surface area contributed by atoms with Crippen LogP contribution >= 0.6 is 0 Å². The number of benzene rings is 1. The smallest absolute Gasteiger partial charge is 0.0991 e. The molecule has 0 saturated heterocycles. The van der Waals surface area contributed by atoms with Gasteiger partial charge >= 0.3 is 0 Å². The van der Waals surface area contributed by atoms with Gasteiger partial charge in [-0.25, -0.2) is 0 Å². The van der Waals surface area contributed by atoms with Crippen molar-refractivity contribution in [3.8, 4) is 6.07 Å². The molecule has 0 fully saturated rings. The van der Waals surface area contributed by atoms with E-state index in [9.17, 15) is 0 Å². The molecule has 74 valence electrons. The van der Waals surface area contributed by atoms with Crippen molar-refractivity contribution >= 4 is 0 Å². The van der Waals surface area contributed by atoms with E-state index in [1.165, 1.54) is 5.56 Å². The molecule has 0 aromatic heterocycles. The predicted molar refractivity (Wildman–Crippen MR) is 57.7 cm³/mol. The molecule has 0 radical (unpaired) electrons. The molecule has 2 N–H and O–H groups in total. The van der Waals surface area contributed by atoms with Gasteiger partial charge in [0.2, 0.25) is 0 Å². The van der Waals surface area contributed by atoms with Crippen molar-refractivity contribution in [3.05, 3.63) is 34.9 Å². The third-order valence-electron chi connectivity index (χ3n) is 2.41. The molecule has 14 heavy (non-hydrogen) atoms. The molecular formula is C12H16N2. The Hall–Kier alpha value is -1.33. The average molecular weight is 188 g/mol. The Morgan fingerprint density at radius 1 is 1.50 bits per heavy atom. The Morgan fingerprint density at radius 3 is 2.79 bits per heavy atom. The van der Waals surface area contributed by atoms with Crippen LogP contribution < -0.4 is 5.73 Å². The zero-order valence-corrected chi connectivity index (χ0v) is 8.75. The van der Waals surface area contributed by atoms with E-state index < -0.39 is 0 Å².